The first-order valence-corrected chi connectivity index (χ1v) is 9.25. The van der Waals surface area contributed by atoms with E-state index in [0.717, 1.165) is 45.5 Å². The van der Waals surface area contributed by atoms with Gasteiger partial charge in [0.25, 0.3) is 0 Å². The van der Waals surface area contributed by atoms with Crippen LogP contribution in [-0.2, 0) is 20.8 Å². The number of rotatable bonds is 5. The molecule has 1 spiro atoms. The number of hydrogen-bond acceptors (Lipinski definition) is 4. The average molecular weight is 346 g/mol. The van der Waals surface area contributed by atoms with Gasteiger partial charge in [-0.1, -0.05) is 29.8 Å². The van der Waals surface area contributed by atoms with Crippen LogP contribution in [0.4, 0.5) is 0 Å². The van der Waals surface area contributed by atoms with Crippen LogP contribution < -0.4 is 5.32 Å². The summed E-state index contributed by atoms with van der Waals surface area (Å²) in [4.78, 5) is 14.5. The summed E-state index contributed by atoms with van der Waals surface area (Å²) >= 11 is 0. The quantitative estimate of drug-likeness (QED) is 0.887. The monoisotopic (exact) mass is 346 g/mol. The smallest absolute Gasteiger partial charge is 0.246 e. The summed E-state index contributed by atoms with van der Waals surface area (Å²) in [5.74, 6) is -0.0422. The van der Waals surface area contributed by atoms with Crippen LogP contribution in [0.1, 0.15) is 30.4 Å². The van der Waals surface area contributed by atoms with Crippen molar-refractivity contribution in [2.45, 2.75) is 38.8 Å². The van der Waals surface area contributed by atoms with Crippen LogP contribution in [0.2, 0.25) is 0 Å². The highest BCUT2D eigenvalue weighted by Crippen LogP contribution is 2.41. The van der Waals surface area contributed by atoms with E-state index in [4.69, 9.17) is 9.47 Å². The van der Waals surface area contributed by atoms with E-state index in [1.54, 1.807) is 7.11 Å². The zero-order chi connectivity index (χ0) is 17.7. The van der Waals surface area contributed by atoms with E-state index < -0.39 is 0 Å². The van der Waals surface area contributed by atoms with Crippen molar-refractivity contribution in [2.24, 2.45) is 5.41 Å². The summed E-state index contributed by atoms with van der Waals surface area (Å²) in [5.41, 5.74) is 2.85. The second-order valence-electron chi connectivity index (χ2n) is 7.50. The fourth-order valence-electron chi connectivity index (χ4n) is 4.10. The molecule has 2 heterocycles. The molecular formula is C20H30N2O3. The molecule has 0 unspecified atom stereocenters. The molecule has 2 fully saturated rings. The Balaban J connectivity index is 1.57. The largest absolute Gasteiger partial charge is 0.379 e. The third-order valence-corrected chi connectivity index (χ3v) is 5.76. The van der Waals surface area contributed by atoms with Crippen LogP contribution in [0.25, 0.3) is 0 Å². The summed E-state index contributed by atoms with van der Waals surface area (Å²) in [6.07, 6.45) is 3.25. The number of hydrogen-bond donors (Lipinski definition) is 1. The molecule has 5 nitrogen and oxygen atoms in total. The molecular weight excluding hydrogens is 316 g/mol. The molecule has 1 atom stereocenters. The Bertz CT molecular complexity index is 565. The normalized spacial score (nSPS) is 23.5. The summed E-state index contributed by atoms with van der Waals surface area (Å²) in [5, 5.41) is 3.14. The number of piperidine rings is 1. The van der Waals surface area contributed by atoms with Crippen molar-refractivity contribution in [2.75, 3.05) is 40.0 Å². The van der Waals surface area contributed by atoms with Gasteiger partial charge in [0, 0.05) is 20.3 Å². The van der Waals surface area contributed by atoms with Crippen LogP contribution in [0.3, 0.4) is 0 Å². The molecule has 1 aromatic carbocycles. The highest BCUT2D eigenvalue weighted by atomic mass is 16.5. The molecule has 0 saturated carbocycles. The number of nitrogens with zero attached hydrogens (tertiary/aromatic N) is 1. The topological polar surface area (TPSA) is 50.8 Å². The Morgan fingerprint density at radius 1 is 1.28 bits per heavy atom. The van der Waals surface area contributed by atoms with Crippen molar-refractivity contribution >= 4 is 5.91 Å². The van der Waals surface area contributed by atoms with E-state index in [0.29, 0.717) is 6.61 Å². The molecule has 1 aromatic rings. The summed E-state index contributed by atoms with van der Waals surface area (Å²) in [6.45, 7) is 6.81. The number of carbonyl (C=O) groups excluding carboxylic acids is 1. The lowest BCUT2D eigenvalue weighted by Gasteiger charge is -2.49. The van der Waals surface area contributed by atoms with Gasteiger partial charge in [0.05, 0.1) is 12.6 Å². The number of amides is 1. The van der Waals surface area contributed by atoms with E-state index in [9.17, 15) is 4.79 Å². The van der Waals surface area contributed by atoms with E-state index in [-0.39, 0.29) is 24.0 Å². The maximum atomic E-state index is 12.0. The molecule has 0 aliphatic carbocycles. The van der Waals surface area contributed by atoms with Crippen molar-refractivity contribution in [1.82, 2.24) is 10.2 Å². The van der Waals surface area contributed by atoms with Crippen LogP contribution in [0, 0.1) is 12.3 Å². The Morgan fingerprint density at radius 3 is 2.68 bits per heavy atom. The van der Waals surface area contributed by atoms with Gasteiger partial charge in [0.1, 0.15) is 6.61 Å². The molecule has 1 amide bonds. The van der Waals surface area contributed by atoms with Gasteiger partial charge in [-0.15, -0.1) is 0 Å². The highest BCUT2D eigenvalue weighted by molar-refractivity contribution is 5.77. The minimum absolute atomic E-state index is 0.0422. The third kappa shape index (κ3) is 4.60. The van der Waals surface area contributed by atoms with Gasteiger partial charge in [0.2, 0.25) is 5.91 Å². The molecule has 2 aliphatic heterocycles. The minimum atomic E-state index is -0.0422. The Morgan fingerprint density at radius 2 is 2.00 bits per heavy atom. The molecule has 2 saturated heterocycles. The second kappa shape index (κ2) is 8.30. The average Bonchev–Trinajstić information content (AvgIpc) is 2.61. The number of aryl methyl sites for hydroxylation is 1. The number of benzene rings is 1. The van der Waals surface area contributed by atoms with E-state index in [1.807, 2.05) is 0 Å². The van der Waals surface area contributed by atoms with Gasteiger partial charge in [-0.2, -0.15) is 0 Å². The molecule has 1 N–H and O–H groups in total. The number of methoxy groups -OCH3 is 1. The van der Waals surface area contributed by atoms with Crippen molar-refractivity contribution in [3.63, 3.8) is 0 Å². The van der Waals surface area contributed by atoms with Crippen molar-refractivity contribution in [3.8, 4) is 0 Å². The standard InChI is InChI=1S/C20H30N2O3/c1-16-3-5-17(6-4-16)13-22-10-7-20(8-11-22)9-12-25-14-18(20)21-19(23)15-24-2/h3-6,18H,7-15H2,1-2H3,(H,21,23)/t18-/m0/s1. The minimum Gasteiger partial charge on any atom is -0.379 e. The first-order chi connectivity index (χ1) is 12.1. The maximum Gasteiger partial charge on any atom is 0.246 e. The first kappa shape index (κ1) is 18.4. The molecule has 2 aliphatic rings. The Hall–Kier alpha value is -1.43. The fraction of sp³-hybridized carbons (Fsp3) is 0.650. The molecule has 0 bridgehead atoms. The van der Waals surface area contributed by atoms with Gasteiger partial charge in [0.15, 0.2) is 0 Å². The molecule has 25 heavy (non-hydrogen) atoms. The van der Waals surface area contributed by atoms with E-state index in [2.05, 4.69) is 41.4 Å². The fourth-order valence-corrected chi connectivity index (χ4v) is 4.10. The zero-order valence-electron chi connectivity index (χ0n) is 15.4. The van der Waals surface area contributed by atoms with Crippen molar-refractivity contribution in [1.29, 1.82) is 0 Å². The van der Waals surface area contributed by atoms with Gasteiger partial charge in [-0.25, -0.2) is 0 Å². The van der Waals surface area contributed by atoms with Gasteiger partial charge in [-0.05, 0) is 50.3 Å². The lowest BCUT2D eigenvalue weighted by molar-refractivity contribution is -0.130. The number of carbonyl (C=O) groups is 1. The molecule has 5 heteroatoms. The highest BCUT2D eigenvalue weighted by Gasteiger charge is 2.44. The van der Waals surface area contributed by atoms with Crippen LogP contribution >= 0.6 is 0 Å². The molecule has 0 aromatic heterocycles. The molecule has 0 radical (unpaired) electrons. The van der Waals surface area contributed by atoms with Crippen LogP contribution in [-0.4, -0.2) is 56.9 Å². The van der Waals surface area contributed by atoms with E-state index in [1.165, 1.54) is 11.1 Å². The SMILES string of the molecule is COCC(=O)N[C@H]1COCCC12CCN(Cc1ccc(C)cc1)CC2. The first-order valence-electron chi connectivity index (χ1n) is 9.25. The second-order valence-corrected chi connectivity index (χ2v) is 7.50. The number of likely N-dealkylation sites (tertiary alicyclic amines) is 1. The van der Waals surface area contributed by atoms with Gasteiger partial charge in [-0.3, -0.25) is 9.69 Å². The lowest BCUT2D eigenvalue weighted by Crippen LogP contribution is -2.57. The maximum absolute atomic E-state index is 12.0. The summed E-state index contributed by atoms with van der Waals surface area (Å²) in [7, 11) is 1.55. The Kier molecular flexibility index (Phi) is 6.10. The zero-order valence-corrected chi connectivity index (χ0v) is 15.4. The van der Waals surface area contributed by atoms with Gasteiger partial charge < -0.3 is 14.8 Å². The van der Waals surface area contributed by atoms with Crippen LogP contribution in [0.5, 0.6) is 0 Å². The molecule has 3 rings (SSSR count). The predicted molar refractivity (Wildman–Crippen MR) is 97.4 cm³/mol. The summed E-state index contributed by atoms with van der Waals surface area (Å²) < 4.78 is 10.6. The third-order valence-electron chi connectivity index (χ3n) is 5.76. The van der Waals surface area contributed by atoms with Gasteiger partial charge >= 0.3 is 0 Å². The Labute approximate surface area is 150 Å². The molecule has 138 valence electrons. The van der Waals surface area contributed by atoms with Crippen molar-refractivity contribution < 1.29 is 14.3 Å². The van der Waals surface area contributed by atoms with Crippen molar-refractivity contribution in [3.05, 3.63) is 35.4 Å². The summed E-state index contributed by atoms with van der Waals surface area (Å²) in [6, 6.07) is 8.91. The van der Waals surface area contributed by atoms with E-state index >= 15 is 0 Å². The lowest BCUT2D eigenvalue weighted by atomic mass is 9.69. The van der Waals surface area contributed by atoms with Crippen LogP contribution in [0.15, 0.2) is 24.3 Å². The predicted octanol–water partition coefficient (Wildman–Crippen LogP) is 2.13. The number of ether oxygens (including phenoxy) is 2. The number of nitrogens with one attached hydrogen (secondary N) is 1.